The van der Waals surface area contributed by atoms with Crippen molar-refractivity contribution in [1.82, 2.24) is 0 Å². The van der Waals surface area contributed by atoms with Crippen LogP contribution in [0.15, 0.2) is 16.6 Å². The largest absolute Gasteiger partial charge is 0.0625 e. The molecule has 16 heavy (non-hydrogen) atoms. The summed E-state index contributed by atoms with van der Waals surface area (Å²) in [5.41, 5.74) is 4.50. The minimum absolute atomic E-state index is 0.226. The standard InChI is InChI=1S/C15H23Br/c1-10(2)7-13-11(3)8-12(9-14(13)16)15(4,5)6/h8-10H,7H2,1-6H3. The first-order chi connectivity index (χ1) is 7.21. The van der Waals surface area contributed by atoms with Crippen molar-refractivity contribution in [1.29, 1.82) is 0 Å². The van der Waals surface area contributed by atoms with E-state index in [1.807, 2.05) is 0 Å². The molecule has 0 atom stereocenters. The Balaban J connectivity index is 3.18. The minimum atomic E-state index is 0.226. The molecule has 0 saturated carbocycles. The summed E-state index contributed by atoms with van der Waals surface area (Å²) in [7, 11) is 0. The smallest absolute Gasteiger partial charge is 0.0212 e. The van der Waals surface area contributed by atoms with Crippen LogP contribution in [-0.2, 0) is 11.8 Å². The monoisotopic (exact) mass is 282 g/mol. The Morgan fingerprint density at radius 2 is 1.75 bits per heavy atom. The normalized spacial score (nSPS) is 12.2. The van der Waals surface area contributed by atoms with Crippen molar-refractivity contribution in [2.24, 2.45) is 5.92 Å². The van der Waals surface area contributed by atoms with Crippen LogP contribution in [0.3, 0.4) is 0 Å². The molecule has 1 heteroatoms. The first kappa shape index (κ1) is 13.8. The van der Waals surface area contributed by atoms with Gasteiger partial charge in [0.2, 0.25) is 0 Å². The van der Waals surface area contributed by atoms with E-state index in [9.17, 15) is 0 Å². The fourth-order valence-corrected chi connectivity index (χ4v) is 2.59. The van der Waals surface area contributed by atoms with E-state index < -0.39 is 0 Å². The summed E-state index contributed by atoms with van der Waals surface area (Å²) >= 11 is 3.72. The van der Waals surface area contributed by atoms with E-state index in [0.717, 1.165) is 6.42 Å². The van der Waals surface area contributed by atoms with E-state index in [-0.39, 0.29) is 5.41 Å². The lowest BCUT2D eigenvalue weighted by atomic mass is 9.84. The molecule has 0 N–H and O–H groups in total. The van der Waals surface area contributed by atoms with E-state index >= 15 is 0 Å². The topological polar surface area (TPSA) is 0 Å². The summed E-state index contributed by atoms with van der Waals surface area (Å²) in [5, 5.41) is 0. The second-order valence-corrected chi connectivity index (χ2v) is 6.96. The first-order valence-corrected chi connectivity index (χ1v) is 6.80. The van der Waals surface area contributed by atoms with Crippen LogP contribution in [0.1, 0.15) is 51.3 Å². The maximum atomic E-state index is 3.72. The van der Waals surface area contributed by atoms with Gasteiger partial charge in [-0.1, -0.05) is 56.6 Å². The van der Waals surface area contributed by atoms with Crippen LogP contribution >= 0.6 is 15.9 Å². The predicted octanol–water partition coefficient (Wildman–Crippen LogP) is 5.25. The molecule has 0 radical (unpaired) electrons. The van der Waals surface area contributed by atoms with Gasteiger partial charge in [0.25, 0.3) is 0 Å². The van der Waals surface area contributed by atoms with Crippen molar-refractivity contribution in [2.45, 2.75) is 53.4 Å². The molecule has 0 aromatic heterocycles. The molecule has 90 valence electrons. The molecule has 0 nitrogen and oxygen atoms in total. The van der Waals surface area contributed by atoms with Gasteiger partial charge in [-0.3, -0.25) is 0 Å². The summed E-state index contributed by atoms with van der Waals surface area (Å²) in [6.07, 6.45) is 1.15. The highest BCUT2D eigenvalue weighted by Crippen LogP contribution is 2.31. The zero-order valence-electron chi connectivity index (χ0n) is 11.3. The average molecular weight is 283 g/mol. The highest BCUT2D eigenvalue weighted by Gasteiger charge is 2.16. The molecule has 1 rings (SSSR count). The lowest BCUT2D eigenvalue weighted by molar-refractivity contribution is 0.587. The summed E-state index contributed by atoms with van der Waals surface area (Å²) in [4.78, 5) is 0. The molecule has 0 aliphatic heterocycles. The second kappa shape index (κ2) is 4.91. The van der Waals surface area contributed by atoms with Gasteiger partial charge < -0.3 is 0 Å². The fraction of sp³-hybridized carbons (Fsp3) is 0.600. The third kappa shape index (κ3) is 3.35. The molecule has 0 unspecified atom stereocenters. The summed E-state index contributed by atoms with van der Waals surface area (Å²) in [5.74, 6) is 0.704. The lowest BCUT2D eigenvalue weighted by Crippen LogP contribution is -2.12. The van der Waals surface area contributed by atoms with Crippen molar-refractivity contribution in [3.63, 3.8) is 0 Å². The molecule has 0 amide bonds. The molecule has 1 aromatic carbocycles. The molecule has 0 fully saturated rings. The molecular weight excluding hydrogens is 260 g/mol. The molecule has 1 aromatic rings. The summed E-state index contributed by atoms with van der Waals surface area (Å²) in [6.45, 7) is 13.5. The highest BCUT2D eigenvalue weighted by atomic mass is 79.9. The fourth-order valence-electron chi connectivity index (χ4n) is 1.87. The van der Waals surface area contributed by atoms with Gasteiger partial charge in [0, 0.05) is 4.47 Å². The van der Waals surface area contributed by atoms with Gasteiger partial charge in [0.05, 0.1) is 0 Å². The van der Waals surface area contributed by atoms with Gasteiger partial charge in [-0.05, 0) is 47.4 Å². The Hall–Kier alpha value is -0.300. The first-order valence-electron chi connectivity index (χ1n) is 6.01. The maximum absolute atomic E-state index is 3.72. The maximum Gasteiger partial charge on any atom is 0.0212 e. The van der Waals surface area contributed by atoms with Gasteiger partial charge in [-0.2, -0.15) is 0 Å². The number of benzene rings is 1. The Bertz CT molecular complexity index is 347. The minimum Gasteiger partial charge on any atom is -0.0625 e. The Morgan fingerprint density at radius 3 is 2.12 bits per heavy atom. The zero-order chi connectivity index (χ0) is 12.5. The van der Waals surface area contributed by atoms with E-state index in [4.69, 9.17) is 0 Å². The van der Waals surface area contributed by atoms with Crippen LogP contribution < -0.4 is 0 Å². The molecular formula is C15H23Br. The van der Waals surface area contributed by atoms with E-state index in [1.165, 1.54) is 21.2 Å². The molecule has 0 spiro atoms. The summed E-state index contributed by atoms with van der Waals surface area (Å²) < 4.78 is 1.27. The van der Waals surface area contributed by atoms with Gasteiger partial charge in [0.1, 0.15) is 0 Å². The third-order valence-electron chi connectivity index (χ3n) is 2.90. The van der Waals surface area contributed by atoms with Crippen molar-refractivity contribution < 1.29 is 0 Å². The lowest BCUT2D eigenvalue weighted by Gasteiger charge is -2.22. The SMILES string of the molecule is Cc1cc(C(C)(C)C)cc(Br)c1CC(C)C. The van der Waals surface area contributed by atoms with E-state index in [2.05, 4.69) is 69.6 Å². The number of rotatable bonds is 2. The quantitative estimate of drug-likeness (QED) is 0.695. The molecule has 0 saturated heterocycles. The number of halogens is 1. The Labute approximate surface area is 109 Å². The van der Waals surface area contributed by atoms with Gasteiger partial charge >= 0.3 is 0 Å². The van der Waals surface area contributed by atoms with Crippen LogP contribution in [0.5, 0.6) is 0 Å². The van der Waals surface area contributed by atoms with Crippen molar-refractivity contribution in [3.05, 3.63) is 33.3 Å². The number of hydrogen-bond donors (Lipinski definition) is 0. The van der Waals surface area contributed by atoms with E-state index in [0.29, 0.717) is 5.92 Å². The van der Waals surface area contributed by atoms with Crippen LogP contribution in [0.4, 0.5) is 0 Å². The molecule has 0 heterocycles. The van der Waals surface area contributed by atoms with Crippen LogP contribution in [0.25, 0.3) is 0 Å². The Morgan fingerprint density at radius 1 is 1.19 bits per heavy atom. The molecule has 0 aliphatic rings. The highest BCUT2D eigenvalue weighted by molar-refractivity contribution is 9.10. The number of hydrogen-bond acceptors (Lipinski definition) is 0. The van der Waals surface area contributed by atoms with Crippen molar-refractivity contribution in [2.75, 3.05) is 0 Å². The van der Waals surface area contributed by atoms with Crippen LogP contribution in [-0.4, -0.2) is 0 Å². The van der Waals surface area contributed by atoms with Gasteiger partial charge in [-0.15, -0.1) is 0 Å². The summed E-state index contributed by atoms with van der Waals surface area (Å²) in [6, 6.07) is 4.62. The molecule has 0 aliphatic carbocycles. The zero-order valence-corrected chi connectivity index (χ0v) is 12.9. The van der Waals surface area contributed by atoms with E-state index in [1.54, 1.807) is 0 Å². The average Bonchev–Trinajstić information content (AvgIpc) is 2.09. The van der Waals surface area contributed by atoms with Crippen LogP contribution in [0.2, 0.25) is 0 Å². The van der Waals surface area contributed by atoms with Gasteiger partial charge in [0.15, 0.2) is 0 Å². The Kier molecular flexibility index (Phi) is 4.23. The second-order valence-electron chi connectivity index (χ2n) is 6.10. The third-order valence-corrected chi connectivity index (χ3v) is 3.60. The predicted molar refractivity (Wildman–Crippen MR) is 76.1 cm³/mol. The van der Waals surface area contributed by atoms with Gasteiger partial charge in [-0.25, -0.2) is 0 Å². The number of aryl methyl sites for hydroxylation is 1. The molecule has 0 bridgehead atoms. The van der Waals surface area contributed by atoms with Crippen molar-refractivity contribution in [3.8, 4) is 0 Å². The van der Waals surface area contributed by atoms with Crippen LogP contribution in [0, 0.1) is 12.8 Å². The van der Waals surface area contributed by atoms with Crippen molar-refractivity contribution >= 4 is 15.9 Å².